The Hall–Kier alpha value is -0.320. The molecule has 0 radical (unpaired) electrons. The molecule has 8 nitrogen and oxygen atoms in total. The van der Waals surface area contributed by atoms with E-state index in [4.69, 9.17) is 37.9 Å². The van der Waals surface area contributed by atoms with E-state index < -0.39 is 0 Å². The molecule has 8 fully saturated rings. The van der Waals surface area contributed by atoms with Gasteiger partial charge < -0.3 is 37.9 Å². The predicted octanol–water partition coefficient (Wildman–Crippen LogP) is 33.5. The third-order valence-corrected chi connectivity index (χ3v) is 29.4. The molecule has 17 atom stereocenters. The molecular formula is C106H204O8. The first kappa shape index (κ1) is 104. The first-order valence-electron chi connectivity index (χ1n) is 53.2. The largest absolute Gasteiger partial charge is 0.375 e. The van der Waals surface area contributed by atoms with Crippen molar-refractivity contribution in [3.63, 3.8) is 0 Å². The van der Waals surface area contributed by atoms with Crippen molar-refractivity contribution in [2.75, 3.05) is 0 Å². The van der Waals surface area contributed by atoms with Crippen molar-refractivity contribution in [1.82, 2.24) is 0 Å². The molecule has 0 N–H and O–H groups in total. The van der Waals surface area contributed by atoms with Gasteiger partial charge in [-0.3, -0.25) is 0 Å². The molecule has 8 aliphatic heterocycles. The van der Waals surface area contributed by atoms with Crippen LogP contribution in [0, 0.1) is 29.6 Å². The topological polar surface area (TPSA) is 73.8 Å². The van der Waals surface area contributed by atoms with Crippen LogP contribution in [-0.4, -0.2) is 97.7 Å². The van der Waals surface area contributed by atoms with E-state index in [1.54, 1.807) is 0 Å². The fraction of sp³-hybridized carbons (Fsp3) is 1.00. The number of hydrogen-bond acceptors (Lipinski definition) is 8. The van der Waals surface area contributed by atoms with Gasteiger partial charge in [-0.1, -0.05) is 378 Å². The lowest BCUT2D eigenvalue weighted by Gasteiger charge is -2.35. The van der Waals surface area contributed by atoms with Crippen molar-refractivity contribution < 1.29 is 37.9 Å². The SMILES string of the molecule is CCCCCC1CCC(C(C(CC)CCCC)C2CCC(CCCCC)O2)O1.CCCCCCCCCCCC(C1CCC(C)O1)C1CCC(C)O1.CCCCCCCCCCCC(C1CCC(CC)O1)C1CCC(CC)O1.CCCCCCCCCCCC(C1CCC(CCCCCCC)O1)C1CCC(CCCCCCC)O1. The number of unbranched alkanes of at least 4 members (excludes halogenated alkanes) is 37. The lowest BCUT2D eigenvalue weighted by molar-refractivity contribution is -0.0831. The second-order valence-electron chi connectivity index (χ2n) is 39.3. The average Bonchev–Trinajstić information content (AvgIpc) is 1.67. The molecule has 17 unspecified atom stereocenters. The quantitative estimate of drug-likeness (QED) is 0.0558. The first-order chi connectivity index (χ1) is 56.0. The highest BCUT2D eigenvalue weighted by Crippen LogP contribution is 2.45. The summed E-state index contributed by atoms with van der Waals surface area (Å²) >= 11 is 0. The van der Waals surface area contributed by atoms with Gasteiger partial charge in [-0.15, -0.1) is 0 Å². The molecule has 0 aromatic rings. The first-order valence-corrected chi connectivity index (χ1v) is 53.2. The fourth-order valence-electron chi connectivity index (χ4n) is 22.1. The minimum Gasteiger partial charge on any atom is -0.375 e. The van der Waals surface area contributed by atoms with Crippen LogP contribution in [0.2, 0.25) is 0 Å². The Kier molecular flexibility index (Phi) is 63.1. The Labute approximate surface area is 713 Å². The third-order valence-electron chi connectivity index (χ3n) is 29.4. The summed E-state index contributed by atoms with van der Waals surface area (Å²) in [5, 5.41) is 0. The number of ether oxygens (including phenoxy) is 8. The molecule has 114 heavy (non-hydrogen) atoms. The molecule has 676 valence electrons. The van der Waals surface area contributed by atoms with Crippen LogP contribution in [0.3, 0.4) is 0 Å². The summed E-state index contributed by atoms with van der Waals surface area (Å²) in [6.07, 6.45) is 105. The monoisotopic (exact) mass is 1610 g/mol. The molecular weight excluding hydrogens is 1400 g/mol. The second-order valence-corrected chi connectivity index (χ2v) is 39.3. The van der Waals surface area contributed by atoms with Crippen LogP contribution in [0.25, 0.3) is 0 Å². The van der Waals surface area contributed by atoms with Gasteiger partial charge in [0, 0.05) is 23.7 Å². The van der Waals surface area contributed by atoms with E-state index >= 15 is 0 Å². The average molecular weight is 1610 g/mol. The van der Waals surface area contributed by atoms with E-state index in [1.807, 2.05) is 0 Å². The van der Waals surface area contributed by atoms with Gasteiger partial charge in [0.1, 0.15) is 0 Å². The van der Waals surface area contributed by atoms with E-state index in [2.05, 4.69) is 90.0 Å². The molecule has 0 aromatic heterocycles. The van der Waals surface area contributed by atoms with Gasteiger partial charge in [-0.25, -0.2) is 0 Å². The van der Waals surface area contributed by atoms with Crippen molar-refractivity contribution >= 4 is 0 Å². The molecule has 8 heteroatoms. The summed E-state index contributed by atoms with van der Waals surface area (Å²) in [5.41, 5.74) is 0. The van der Waals surface area contributed by atoms with Crippen molar-refractivity contribution in [3.8, 4) is 0 Å². The van der Waals surface area contributed by atoms with E-state index in [0.29, 0.717) is 121 Å². The molecule has 8 rings (SSSR count). The van der Waals surface area contributed by atoms with Gasteiger partial charge in [0.25, 0.3) is 0 Å². The van der Waals surface area contributed by atoms with Crippen LogP contribution in [-0.2, 0) is 37.9 Å². The summed E-state index contributed by atoms with van der Waals surface area (Å²) in [7, 11) is 0. The summed E-state index contributed by atoms with van der Waals surface area (Å²) in [6, 6.07) is 0. The van der Waals surface area contributed by atoms with Crippen LogP contribution in [0.15, 0.2) is 0 Å². The van der Waals surface area contributed by atoms with Crippen molar-refractivity contribution in [2.24, 2.45) is 29.6 Å². The van der Waals surface area contributed by atoms with Crippen LogP contribution in [0.1, 0.15) is 552 Å². The molecule has 0 saturated carbocycles. The highest BCUT2D eigenvalue weighted by molar-refractivity contribution is 4.94. The van der Waals surface area contributed by atoms with Crippen LogP contribution >= 0.6 is 0 Å². The molecule has 8 saturated heterocycles. The molecule has 0 amide bonds. The van der Waals surface area contributed by atoms with Crippen molar-refractivity contribution in [1.29, 1.82) is 0 Å². The zero-order valence-electron chi connectivity index (χ0n) is 79.3. The van der Waals surface area contributed by atoms with Gasteiger partial charge in [-0.05, 0) is 180 Å². The second kappa shape index (κ2) is 69.0. The van der Waals surface area contributed by atoms with Crippen LogP contribution < -0.4 is 0 Å². The predicted molar refractivity (Wildman–Crippen MR) is 493 cm³/mol. The summed E-state index contributed by atoms with van der Waals surface area (Å²) in [6.45, 7) is 29.8. The molecule has 0 aliphatic carbocycles. The lowest BCUT2D eigenvalue weighted by Crippen LogP contribution is -2.38. The minimum atomic E-state index is 0.452. The third kappa shape index (κ3) is 44.8. The maximum absolute atomic E-state index is 6.76. The molecule has 0 bridgehead atoms. The zero-order valence-corrected chi connectivity index (χ0v) is 79.3. The molecule has 8 heterocycles. The molecule has 8 aliphatic rings. The van der Waals surface area contributed by atoms with Gasteiger partial charge in [-0.2, -0.15) is 0 Å². The number of rotatable bonds is 65. The standard InChI is InChI=1S/C34H66O2.C26H50O2.C24H46O2.C22H42O2/c1-4-7-10-13-14-15-16-19-22-25-32(33-28-26-30(35-33)23-20-17-11-8-5-2)34-29-27-31(36-34)24-21-18-12-9-6-3;1-5-9-12-15-22-17-19-24(27-22)26(21(8-4)14-11-7-3)25-20-18-23(28-25)16-13-10-6-2;1-4-7-8-9-10-11-12-13-14-15-22(23-18-16-20(5-2)25-23)24-19-17-21(6-3)26-24;1-4-5-6-7-8-9-10-11-12-13-20(21-16-14-18(2)23-21)22-17-15-19(3)24-22/h30-34H,4-29H2,1-3H3;21-26H,5-20H2,1-4H3;20-24H,4-19H2,1-3H3;18-22H,4-17H2,1-3H3. The minimum absolute atomic E-state index is 0.452. The Morgan fingerprint density at radius 3 is 0.658 bits per heavy atom. The van der Waals surface area contributed by atoms with Gasteiger partial charge in [0.05, 0.1) is 97.7 Å². The van der Waals surface area contributed by atoms with Crippen LogP contribution in [0.5, 0.6) is 0 Å². The smallest absolute Gasteiger partial charge is 0.0635 e. The molecule has 0 spiro atoms. The van der Waals surface area contributed by atoms with E-state index in [0.717, 1.165) is 5.92 Å². The Morgan fingerprint density at radius 2 is 0.404 bits per heavy atom. The highest BCUT2D eigenvalue weighted by atomic mass is 16.5. The Morgan fingerprint density at radius 1 is 0.193 bits per heavy atom. The van der Waals surface area contributed by atoms with Crippen molar-refractivity contribution in [3.05, 3.63) is 0 Å². The number of hydrogen-bond donors (Lipinski definition) is 0. The maximum atomic E-state index is 6.76. The van der Waals surface area contributed by atoms with E-state index in [1.165, 1.54) is 462 Å². The summed E-state index contributed by atoms with van der Waals surface area (Å²) < 4.78 is 52.2. The Balaban J connectivity index is 0.000000275. The summed E-state index contributed by atoms with van der Waals surface area (Å²) in [5.74, 6) is 3.34. The lowest BCUT2D eigenvalue weighted by atomic mass is 9.77. The molecule has 0 aromatic carbocycles. The van der Waals surface area contributed by atoms with E-state index in [9.17, 15) is 0 Å². The zero-order chi connectivity index (χ0) is 81.7. The van der Waals surface area contributed by atoms with Crippen LogP contribution in [0.4, 0.5) is 0 Å². The fourth-order valence-corrected chi connectivity index (χ4v) is 22.1. The maximum Gasteiger partial charge on any atom is 0.0635 e. The van der Waals surface area contributed by atoms with E-state index in [-0.39, 0.29) is 0 Å². The Bertz CT molecular complexity index is 1990. The van der Waals surface area contributed by atoms with Crippen molar-refractivity contribution in [2.45, 2.75) is 650 Å². The summed E-state index contributed by atoms with van der Waals surface area (Å²) in [4.78, 5) is 0. The van der Waals surface area contributed by atoms with Gasteiger partial charge >= 0.3 is 0 Å². The normalized spacial score (nSPS) is 28.8. The highest BCUT2D eigenvalue weighted by Gasteiger charge is 2.45. The van der Waals surface area contributed by atoms with Gasteiger partial charge in [0.15, 0.2) is 0 Å². The van der Waals surface area contributed by atoms with Gasteiger partial charge in [0.2, 0.25) is 0 Å².